The van der Waals surface area contributed by atoms with Gasteiger partial charge in [-0.2, -0.15) is 0 Å². The van der Waals surface area contributed by atoms with Crippen LogP contribution in [-0.4, -0.2) is 66.2 Å². The molecule has 21 heavy (non-hydrogen) atoms. The summed E-state index contributed by atoms with van der Waals surface area (Å²) >= 11 is 0. The molecule has 0 unspecified atom stereocenters. The van der Waals surface area contributed by atoms with Gasteiger partial charge in [-0.1, -0.05) is 0 Å². The summed E-state index contributed by atoms with van der Waals surface area (Å²) < 4.78 is 0. The average Bonchev–Trinajstić information content (AvgIpc) is 2.46. The highest BCUT2D eigenvalue weighted by Crippen LogP contribution is 2.32. The quantitative estimate of drug-likeness (QED) is 0.803. The van der Waals surface area contributed by atoms with E-state index in [9.17, 15) is 9.90 Å². The minimum absolute atomic E-state index is 0. The van der Waals surface area contributed by atoms with E-state index in [0.29, 0.717) is 0 Å². The van der Waals surface area contributed by atoms with E-state index in [4.69, 9.17) is 5.73 Å². The van der Waals surface area contributed by atoms with Crippen molar-refractivity contribution in [3.63, 3.8) is 0 Å². The molecule has 0 aliphatic carbocycles. The van der Waals surface area contributed by atoms with Gasteiger partial charge in [0.05, 0.1) is 6.10 Å². The molecule has 0 spiro atoms. The Hall–Kier alpha value is -0.360. The molecule has 0 aromatic carbocycles. The van der Waals surface area contributed by atoms with Gasteiger partial charge < -0.3 is 20.6 Å². The second kappa shape index (κ2) is 8.32. The van der Waals surface area contributed by atoms with Crippen LogP contribution in [0.25, 0.3) is 0 Å². The lowest BCUT2D eigenvalue weighted by Crippen LogP contribution is -2.52. The highest BCUT2D eigenvalue weighted by molar-refractivity contribution is 5.85. The summed E-state index contributed by atoms with van der Waals surface area (Å²) in [5.74, 6) is 1.49. The van der Waals surface area contributed by atoms with Crippen LogP contribution in [0.1, 0.15) is 32.6 Å². The van der Waals surface area contributed by atoms with Crippen LogP contribution in [0.2, 0.25) is 0 Å². The summed E-state index contributed by atoms with van der Waals surface area (Å²) in [5, 5.41) is 9.43. The van der Waals surface area contributed by atoms with Gasteiger partial charge in [-0.25, -0.2) is 0 Å². The minimum Gasteiger partial charge on any atom is -0.391 e. The first kappa shape index (κ1) is 18.7. The van der Waals surface area contributed by atoms with Crippen LogP contribution in [-0.2, 0) is 4.79 Å². The number of likely N-dealkylation sites (tertiary alicyclic amines) is 2. The summed E-state index contributed by atoms with van der Waals surface area (Å²) in [7, 11) is 2.19. The molecule has 3 N–H and O–H groups in total. The predicted octanol–water partition coefficient (Wildman–Crippen LogP) is 0.697. The van der Waals surface area contributed by atoms with E-state index in [1.165, 1.54) is 25.9 Å². The SMILES string of the molecule is C[C@@H](O)[C@@H](N)C(=O)N1CCC(C2CCN(C)CC2)CC1.Cl. The molecule has 1 amide bonds. The lowest BCUT2D eigenvalue weighted by atomic mass is 9.79. The van der Waals surface area contributed by atoms with Gasteiger partial charge in [-0.3, -0.25) is 4.79 Å². The number of nitrogens with zero attached hydrogens (tertiary/aromatic N) is 2. The Labute approximate surface area is 134 Å². The van der Waals surface area contributed by atoms with Crippen molar-refractivity contribution in [3.8, 4) is 0 Å². The topological polar surface area (TPSA) is 69.8 Å². The Morgan fingerprint density at radius 3 is 1.95 bits per heavy atom. The number of nitrogens with two attached hydrogens (primary N) is 1. The summed E-state index contributed by atoms with van der Waals surface area (Å²) in [4.78, 5) is 16.3. The second-order valence-electron chi connectivity index (χ2n) is 6.57. The van der Waals surface area contributed by atoms with Crippen molar-refractivity contribution in [1.82, 2.24) is 9.80 Å². The van der Waals surface area contributed by atoms with Crippen LogP contribution in [0.4, 0.5) is 0 Å². The molecule has 2 saturated heterocycles. The maximum atomic E-state index is 12.1. The molecule has 0 bridgehead atoms. The number of hydrogen-bond acceptors (Lipinski definition) is 4. The molecule has 124 valence electrons. The van der Waals surface area contributed by atoms with Crippen LogP contribution in [0.3, 0.4) is 0 Å². The molecule has 5 nitrogen and oxygen atoms in total. The van der Waals surface area contributed by atoms with E-state index in [2.05, 4.69) is 11.9 Å². The standard InChI is InChI=1S/C15H29N3O2.ClH/c1-11(19)14(16)15(20)18-9-5-13(6-10-18)12-3-7-17(2)8-4-12;/h11-14,19H,3-10,16H2,1-2H3;1H/t11-,14-;/m1./s1. The van der Waals surface area contributed by atoms with Gasteiger partial charge in [0.1, 0.15) is 6.04 Å². The summed E-state index contributed by atoms with van der Waals surface area (Å²) in [6.45, 7) is 5.59. The Kier molecular flexibility index (Phi) is 7.40. The van der Waals surface area contributed by atoms with Gasteiger partial charge in [0.2, 0.25) is 5.91 Å². The zero-order chi connectivity index (χ0) is 14.7. The van der Waals surface area contributed by atoms with Gasteiger partial charge in [-0.15, -0.1) is 12.4 Å². The Balaban J connectivity index is 0.00000220. The second-order valence-corrected chi connectivity index (χ2v) is 6.57. The summed E-state index contributed by atoms with van der Waals surface area (Å²) in [6.07, 6.45) is 4.00. The molecule has 0 saturated carbocycles. The van der Waals surface area contributed by atoms with Gasteiger partial charge in [0.25, 0.3) is 0 Å². The summed E-state index contributed by atoms with van der Waals surface area (Å²) in [5.41, 5.74) is 5.74. The molecule has 0 aromatic rings. The number of amides is 1. The van der Waals surface area contributed by atoms with Crippen molar-refractivity contribution in [1.29, 1.82) is 0 Å². The van der Waals surface area contributed by atoms with Crippen molar-refractivity contribution < 1.29 is 9.90 Å². The number of aliphatic hydroxyl groups excluding tert-OH is 1. The molecule has 2 aliphatic rings. The van der Waals surface area contributed by atoms with Crippen LogP contribution in [0.5, 0.6) is 0 Å². The fourth-order valence-electron chi connectivity index (χ4n) is 3.51. The fourth-order valence-corrected chi connectivity index (χ4v) is 3.51. The number of hydrogen-bond donors (Lipinski definition) is 2. The number of aliphatic hydroxyl groups is 1. The van der Waals surface area contributed by atoms with Crippen LogP contribution in [0.15, 0.2) is 0 Å². The van der Waals surface area contributed by atoms with Crippen molar-refractivity contribution in [3.05, 3.63) is 0 Å². The van der Waals surface area contributed by atoms with Gasteiger partial charge in [0.15, 0.2) is 0 Å². The lowest BCUT2D eigenvalue weighted by molar-refractivity contribution is -0.136. The summed E-state index contributed by atoms with van der Waals surface area (Å²) in [6, 6.07) is -0.769. The van der Waals surface area contributed by atoms with Crippen LogP contribution >= 0.6 is 12.4 Å². The molecule has 2 fully saturated rings. The van der Waals surface area contributed by atoms with Gasteiger partial charge in [0, 0.05) is 13.1 Å². The number of carbonyl (C=O) groups excluding carboxylic acids is 1. The maximum Gasteiger partial charge on any atom is 0.242 e. The molecule has 2 aliphatic heterocycles. The smallest absolute Gasteiger partial charge is 0.242 e. The van der Waals surface area contributed by atoms with Crippen molar-refractivity contribution in [2.75, 3.05) is 33.2 Å². The fraction of sp³-hybridized carbons (Fsp3) is 0.933. The molecular weight excluding hydrogens is 290 g/mol. The zero-order valence-corrected chi connectivity index (χ0v) is 14.0. The first-order chi connectivity index (χ1) is 9.49. The third-order valence-electron chi connectivity index (χ3n) is 5.09. The predicted molar refractivity (Wildman–Crippen MR) is 86.4 cm³/mol. The average molecular weight is 320 g/mol. The first-order valence-electron chi connectivity index (χ1n) is 7.90. The number of halogens is 1. The third kappa shape index (κ3) is 4.81. The molecule has 0 aromatic heterocycles. The largest absolute Gasteiger partial charge is 0.391 e. The maximum absolute atomic E-state index is 12.1. The highest BCUT2D eigenvalue weighted by Gasteiger charge is 2.32. The molecule has 2 heterocycles. The normalized spacial score (nSPS) is 25.2. The van der Waals surface area contributed by atoms with Crippen LogP contribution in [0, 0.1) is 11.8 Å². The van der Waals surface area contributed by atoms with Crippen molar-refractivity contribution in [2.45, 2.75) is 44.8 Å². The zero-order valence-electron chi connectivity index (χ0n) is 13.2. The Bertz CT molecular complexity index is 325. The monoisotopic (exact) mass is 319 g/mol. The third-order valence-corrected chi connectivity index (χ3v) is 5.09. The van der Waals surface area contributed by atoms with Crippen LogP contribution < -0.4 is 5.73 Å². The lowest BCUT2D eigenvalue weighted by Gasteiger charge is -2.40. The van der Waals surface area contributed by atoms with E-state index in [0.717, 1.165) is 37.8 Å². The molecule has 0 radical (unpaired) electrons. The highest BCUT2D eigenvalue weighted by atomic mass is 35.5. The van der Waals surface area contributed by atoms with Crippen molar-refractivity contribution in [2.24, 2.45) is 17.6 Å². The molecular formula is C15H30ClN3O2. The van der Waals surface area contributed by atoms with Crippen molar-refractivity contribution >= 4 is 18.3 Å². The first-order valence-corrected chi connectivity index (χ1v) is 7.90. The Morgan fingerprint density at radius 2 is 1.52 bits per heavy atom. The van der Waals surface area contributed by atoms with E-state index in [-0.39, 0.29) is 18.3 Å². The number of piperidine rings is 2. The molecule has 2 rings (SSSR count). The van der Waals surface area contributed by atoms with E-state index >= 15 is 0 Å². The Morgan fingerprint density at radius 1 is 1.10 bits per heavy atom. The van der Waals surface area contributed by atoms with Gasteiger partial charge in [-0.05, 0) is 64.6 Å². The molecule has 2 atom stereocenters. The van der Waals surface area contributed by atoms with E-state index < -0.39 is 12.1 Å². The van der Waals surface area contributed by atoms with E-state index in [1.807, 2.05) is 4.90 Å². The van der Waals surface area contributed by atoms with E-state index in [1.54, 1.807) is 6.92 Å². The van der Waals surface area contributed by atoms with Gasteiger partial charge >= 0.3 is 0 Å². The molecule has 6 heteroatoms. The number of rotatable bonds is 3. The number of carbonyl (C=O) groups is 1. The minimum atomic E-state index is -0.769.